The average Bonchev–Trinajstić information content (AvgIpc) is 2.35. The van der Waals surface area contributed by atoms with Crippen molar-refractivity contribution >= 4 is 23.4 Å². The molecule has 0 fully saturated rings. The van der Waals surface area contributed by atoms with Crippen molar-refractivity contribution in [3.63, 3.8) is 0 Å². The molecule has 0 unspecified atom stereocenters. The van der Waals surface area contributed by atoms with Gasteiger partial charge >= 0.3 is 5.97 Å². The lowest BCUT2D eigenvalue weighted by molar-refractivity contribution is 0.0697. The smallest absolute Gasteiger partial charge is 0.339 e. The normalized spacial score (nSPS) is 10.5. The molecule has 1 aromatic heterocycles. The molecule has 1 heterocycles. The third-order valence-corrected chi connectivity index (χ3v) is 3.17. The second kappa shape index (κ2) is 4.85. The highest BCUT2D eigenvalue weighted by Gasteiger charge is 2.17. The third kappa shape index (κ3) is 2.37. The molecule has 3 N–H and O–H groups in total. The molecule has 98 valence electrons. The van der Waals surface area contributed by atoms with Crippen LogP contribution in [0.5, 0.6) is 0 Å². The molecule has 0 amide bonds. The van der Waals surface area contributed by atoms with Gasteiger partial charge in [0, 0.05) is 10.6 Å². The molecule has 0 aliphatic heterocycles. The number of rotatable bonds is 2. The summed E-state index contributed by atoms with van der Waals surface area (Å²) in [6.45, 7) is 1.72. The summed E-state index contributed by atoms with van der Waals surface area (Å²) < 4.78 is 14.0. The summed E-state index contributed by atoms with van der Waals surface area (Å²) in [4.78, 5) is 14.7. The van der Waals surface area contributed by atoms with Crippen LogP contribution in [-0.4, -0.2) is 16.1 Å². The zero-order chi connectivity index (χ0) is 14.2. The molecule has 0 aliphatic carbocycles. The Bertz CT molecular complexity index is 674. The van der Waals surface area contributed by atoms with E-state index < -0.39 is 11.8 Å². The van der Waals surface area contributed by atoms with Gasteiger partial charge in [0.05, 0.1) is 0 Å². The molecule has 0 saturated carbocycles. The van der Waals surface area contributed by atoms with Crippen LogP contribution in [0.3, 0.4) is 0 Å². The Labute approximate surface area is 113 Å². The Hall–Kier alpha value is -2.14. The number of carboxylic acids is 1. The van der Waals surface area contributed by atoms with E-state index in [4.69, 9.17) is 22.4 Å². The fourth-order valence-corrected chi connectivity index (χ4v) is 1.90. The molecule has 6 heteroatoms. The van der Waals surface area contributed by atoms with E-state index >= 15 is 0 Å². The lowest BCUT2D eigenvalue weighted by Gasteiger charge is -2.10. The summed E-state index contributed by atoms with van der Waals surface area (Å²) in [6, 6.07) is 5.84. The monoisotopic (exact) mass is 280 g/mol. The predicted octanol–water partition coefficient (Wildman–Crippen LogP) is 3.13. The van der Waals surface area contributed by atoms with Gasteiger partial charge in [0.25, 0.3) is 0 Å². The SMILES string of the molecule is Cc1c(Cl)cccc1-c1nc(N)c(C(=O)O)cc1F. The molecule has 1 aromatic carbocycles. The van der Waals surface area contributed by atoms with Crippen LogP contribution >= 0.6 is 11.6 Å². The second-order valence-electron chi connectivity index (χ2n) is 3.97. The standard InChI is InChI=1S/C13H10ClFN2O2/c1-6-7(3-2-4-9(6)14)11-10(15)5-8(13(18)19)12(16)17-11/h2-5H,1H3,(H2,16,17)(H,18,19). The maximum absolute atomic E-state index is 14.0. The van der Waals surface area contributed by atoms with Gasteiger partial charge in [-0.1, -0.05) is 23.7 Å². The summed E-state index contributed by atoms with van der Waals surface area (Å²) in [7, 11) is 0. The number of hydrogen-bond donors (Lipinski definition) is 2. The van der Waals surface area contributed by atoms with E-state index in [1.54, 1.807) is 25.1 Å². The van der Waals surface area contributed by atoms with E-state index in [2.05, 4.69) is 4.98 Å². The fraction of sp³-hybridized carbons (Fsp3) is 0.0769. The molecule has 0 aliphatic rings. The molecular formula is C13H10ClFN2O2. The first-order valence-electron chi connectivity index (χ1n) is 5.36. The maximum atomic E-state index is 14.0. The highest BCUT2D eigenvalue weighted by molar-refractivity contribution is 6.31. The number of benzene rings is 1. The van der Waals surface area contributed by atoms with Gasteiger partial charge in [-0.15, -0.1) is 0 Å². The van der Waals surface area contributed by atoms with Crippen LogP contribution in [0.2, 0.25) is 5.02 Å². The Morgan fingerprint density at radius 2 is 2.16 bits per heavy atom. The number of pyridine rings is 1. The minimum atomic E-state index is -1.32. The van der Waals surface area contributed by atoms with Gasteiger partial charge in [0.2, 0.25) is 0 Å². The van der Waals surface area contributed by atoms with Crippen LogP contribution in [0.25, 0.3) is 11.3 Å². The summed E-state index contributed by atoms with van der Waals surface area (Å²) in [6.07, 6.45) is 0. The Balaban J connectivity index is 2.67. The van der Waals surface area contributed by atoms with Gasteiger partial charge in [-0.3, -0.25) is 0 Å². The molecule has 2 rings (SSSR count). The number of nitrogens with two attached hydrogens (primary N) is 1. The Morgan fingerprint density at radius 3 is 2.79 bits per heavy atom. The van der Waals surface area contributed by atoms with Gasteiger partial charge in [-0.05, 0) is 24.6 Å². The van der Waals surface area contributed by atoms with E-state index in [1.165, 1.54) is 0 Å². The maximum Gasteiger partial charge on any atom is 0.339 e. The zero-order valence-electron chi connectivity index (χ0n) is 9.95. The van der Waals surface area contributed by atoms with E-state index in [-0.39, 0.29) is 17.1 Å². The lowest BCUT2D eigenvalue weighted by Crippen LogP contribution is -2.07. The third-order valence-electron chi connectivity index (χ3n) is 2.76. The Kier molecular flexibility index (Phi) is 3.40. The molecule has 0 spiro atoms. The first kappa shape index (κ1) is 13.3. The molecule has 4 nitrogen and oxygen atoms in total. The summed E-state index contributed by atoms with van der Waals surface area (Å²) in [5, 5.41) is 9.31. The summed E-state index contributed by atoms with van der Waals surface area (Å²) in [5.41, 5.74) is 6.28. The van der Waals surface area contributed by atoms with Crippen molar-refractivity contribution in [1.29, 1.82) is 0 Å². The van der Waals surface area contributed by atoms with Crippen LogP contribution in [-0.2, 0) is 0 Å². The number of aromatic nitrogens is 1. The topological polar surface area (TPSA) is 76.2 Å². The number of nitrogen functional groups attached to an aromatic ring is 1. The van der Waals surface area contributed by atoms with Crippen molar-refractivity contribution in [1.82, 2.24) is 4.98 Å². The number of halogens is 2. The van der Waals surface area contributed by atoms with Crippen LogP contribution in [0.1, 0.15) is 15.9 Å². The van der Waals surface area contributed by atoms with E-state index in [0.717, 1.165) is 6.07 Å². The Morgan fingerprint density at radius 1 is 1.47 bits per heavy atom. The van der Waals surface area contributed by atoms with E-state index in [0.29, 0.717) is 16.1 Å². The molecule has 0 atom stereocenters. The van der Waals surface area contributed by atoms with Crippen molar-refractivity contribution in [2.24, 2.45) is 0 Å². The van der Waals surface area contributed by atoms with Crippen molar-refractivity contribution in [2.45, 2.75) is 6.92 Å². The molecule has 19 heavy (non-hydrogen) atoms. The van der Waals surface area contributed by atoms with Gasteiger partial charge in [-0.25, -0.2) is 14.2 Å². The number of aromatic carboxylic acids is 1. The van der Waals surface area contributed by atoms with Crippen molar-refractivity contribution in [2.75, 3.05) is 5.73 Å². The molecular weight excluding hydrogens is 271 g/mol. The lowest BCUT2D eigenvalue weighted by atomic mass is 10.0. The molecule has 2 aromatic rings. The van der Waals surface area contributed by atoms with Crippen molar-refractivity contribution < 1.29 is 14.3 Å². The summed E-state index contributed by atoms with van der Waals surface area (Å²) in [5.74, 6) is -2.31. The zero-order valence-corrected chi connectivity index (χ0v) is 10.7. The van der Waals surface area contributed by atoms with Crippen LogP contribution in [0.4, 0.5) is 10.2 Å². The highest BCUT2D eigenvalue weighted by atomic mass is 35.5. The number of anilines is 1. The van der Waals surface area contributed by atoms with Crippen molar-refractivity contribution in [3.05, 3.63) is 46.2 Å². The number of hydrogen-bond acceptors (Lipinski definition) is 3. The van der Waals surface area contributed by atoms with Crippen LogP contribution < -0.4 is 5.73 Å². The minimum Gasteiger partial charge on any atom is -0.478 e. The second-order valence-corrected chi connectivity index (χ2v) is 4.38. The first-order valence-corrected chi connectivity index (χ1v) is 5.74. The largest absolute Gasteiger partial charge is 0.478 e. The van der Waals surface area contributed by atoms with E-state index in [9.17, 15) is 9.18 Å². The molecule has 0 saturated heterocycles. The average molecular weight is 281 g/mol. The van der Waals surface area contributed by atoms with E-state index in [1.807, 2.05) is 0 Å². The number of carboxylic acid groups (broad SMARTS) is 1. The fourth-order valence-electron chi connectivity index (χ4n) is 1.73. The first-order chi connectivity index (χ1) is 8.91. The minimum absolute atomic E-state index is 0.0116. The quantitative estimate of drug-likeness (QED) is 0.886. The van der Waals surface area contributed by atoms with Crippen LogP contribution in [0.15, 0.2) is 24.3 Å². The van der Waals surface area contributed by atoms with Gasteiger partial charge in [0.1, 0.15) is 17.1 Å². The molecule has 0 radical (unpaired) electrons. The van der Waals surface area contributed by atoms with Gasteiger partial charge < -0.3 is 10.8 Å². The predicted molar refractivity (Wildman–Crippen MR) is 70.7 cm³/mol. The summed E-state index contributed by atoms with van der Waals surface area (Å²) >= 11 is 5.96. The van der Waals surface area contributed by atoms with Gasteiger partial charge in [0.15, 0.2) is 5.82 Å². The highest BCUT2D eigenvalue weighted by Crippen LogP contribution is 2.30. The van der Waals surface area contributed by atoms with Crippen LogP contribution in [0, 0.1) is 12.7 Å². The van der Waals surface area contributed by atoms with Gasteiger partial charge in [-0.2, -0.15) is 0 Å². The number of nitrogens with zero attached hydrogens (tertiary/aromatic N) is 1. The van der Waals surface area contributed by atoms with Crippen molar-refractivity contribution in [3.8, 4) is 11.3 Å². The number of carbonyl (C=O) groups is 1. The molecule has 0 bridgehead atoms.